The van der Waals surface area contributed by atoms with Gasteiger partial charge in [-0.3, -0.25) is 18.6 Å². The molecule has 10 heteroatoms. The van der Waals surface area contributed by atoms with Crippen LogP contribution in [0, 0.1) is 0 Å². The Bertz CT molecular complexity index is 618. The van der Waals surface area contributed by atoms with Crippen molar-refractivity contribution in [3.8, 4) is 0 Å². The van der Waals surface area contributed by atoms with Crippen molar-refractivity contribution in [3.05, 3.63) is 12.2 Å². The molecule has 1 N–H and O–H groups in total. The number of hydrogen-bond acceptors (Lipinski definition) is 7. The maximum atomic E-state index is 12.2. The Balaban J connectivity index is 4.50. The van der Waals surface area contributed by atoms with Crippen LogP contribution in [-0.2, 0) is 32.7 Å². The van der Waals surface area contributed by atoms with E-state index in [-0.39, 0.29) is 26.1 Å². The summed E-state index contributed by atoms with van der Waals surface area (Å²) in [5.41, 5.74) is 0. The van der Waals surface area contributed by atoms with E-state index in [0.717, 1.165) is 32.1 Å². The van der Waals surface area contributed by atoms with Gasteiger partial charge in [0.25, 0.3) is 0 Å². The van der Waals surface area contributed by atoms with Crippen LogP contribution in [-0.4, -0.2) is 74.9 Å². The lowest BCUT2D eigenvalue weighted by molar-refractivity contribution is -0.870. The summed E-state index contributed by atoms with van der Waals surface area (Å²) in [5.74, 6) is -0.884. The zero-order valence-corrected chi connectivity index (χ0v) is 22.0. The Kier molecular flexibility index (Phi) is 17.4. The molecule has 0 saturated carbocycles. The first kappa shape index (κ1) is 31.8. The first-order valence-electron chi connectivity index (χ1n) is 11.9. The molecule has 33 heavy (non-hydrogen) atoms. The van der Waals surface area contributed by atoms with Gasteiger partial charge in [-0.25, -0.2) is 4.57 Å². The van der Waals surface area contributed by atoms with Crippen LogP contribution in [0.5, 0.6) is 0 Å². The van der Waals surface area contributed by atoms with Gasteiger partial charge < -0.3 is 18.9 Å². The highest BCUT2D eigenvalue weighted by Gasteiger charge is 2.26. The number of nitrogens with zero attached hydrogens (tertiary/aromatic N) is 1. The van der Waals surface area contributed by atoms with E-state index >= 15 is 0 Å². The van der Waals surface area contributed by atoms with Gasteiger partial charge in [0.05, 0.1) is 27.7 Å². The fraction of sp³-hybridized carbons (Fsp3) is 0.826. The maximum absolute atomic E-state index is 12.2. The summed E-state index contributed by atoms with van der Waals surface area (Å²) in [6.07, 6.45) is 10.3. The van der Waals surface area contributed by atoms with Crippen molar-refractivity contribution in [1.29, 1.82) is 0 Å². The van der Waals surface area contributed by atoms with Crippen molar-refractivity contribution in [3.63, 3.8) is 0 Å². The van der Waals surface area contributed by atoms with Crippen molar-refractivity contribution in [2.45, 2.75) is 77.7 Å². The predicted molar refractivity (Wildman–Crippen MR) is 128 cm³/mol. The van der Waals surface area contributed by atoms with E-state index in [0.29, 0.717) is 23.9 Å². The standard InChI is InChI=1S/C23H44NO8P/c1-6-8-9-10-11-12-13-14-16-23(26)32-21(19-29-22(25)15-7-2)20-31-33(27,28)30-18-17-24(3,4)5/h6,8,21H,7,9-20H2,1-5H3/p+1/b8-6-/t21-/m0/s1. The average Bonchev–Trinajstić information content (AvgIpc) is 2.71. The first-order valence-corrected chi connectivity index (χ1v) is 13.4. The molecule has 0 fully saturated rings. The highest BCUT2D eigenvalue weighted by atomic mass is 31.2. The van der Waals surface area contributed by atoms with Crippen LogP contribution in [0.15, 0.2) is 12.2 Å². The van der Waals surface area contributed by atoms with Crippen LogP contribution in [0.2, 0.25) is 0 Å². The Hall–Kier alpha value is -1.25. The molecule has 0 spiro atoms. The molecular weight excluding hydrogens is 449 g/mol. The van der Waals surface area contributed by atoms with Crippen LogP contribution in [0.25, 0.3) is 0 Å². The lowest BCUT2D eigenvalue weighted by Crippen LogP contribution is -2.37. The molecule has 9 nitrogen and oxygen atoms in total. The highest BCUT2D eigenvalue weighted by molar-refractivity contribution is 7.47. The number of quaternary nitrogens is 1. The van der Waals surface area contributed by atoms with Crippen molar-refractivity contribution < 1.29 is 42.1 Å². The van der Waals surface area contributed by atoms with Gasteiger partial charge in [0.15, 0.2) is 6.10 Å². The average molecular weight is 495 g/mol. The van der Waals surface area contributed by atoms with E-state index < -0.39 is 32.5 Å². The molecule has 0 heterocycles. The van der Waals surface area contributed by atoms with Crippen molar-refractivity contribution >= 4 is 19.8 Å². The first-order chi connectivity index (χ1) is 15.5. The number of hydrogen-bond donors (Lipinski definition) is 1. The number of likely N-dealkylation sites (N-methyl/N-ethyl adjacent to an activating group) is 1. The summed E-state index contributed by atoms with van der Waals surface area (Å²) < 4.78 is 33.1. The second-order valence-electron chi connectivity index (χ2n) is 9.03. The third kappa shape index (κ3) is 21.0. The molecule has 0 aliphatic heterocycles. The van der Waals surface area contributed by atoms with Crippen LogP contribution in [0.1, 0.15) is 71.6 Å². The van der Waals surface area contributed by atoms with Gasteiger partial charge in [-0.1, -0.05) is 38.3 Å². The number of phosphoric ester groups is 1. The summed E-state index contributed by atoms with van der Waals surface area (Å²) >= 11 is 0. The molecule has 0 amide bonds. The predicted octanol–water partition coefficient (Wildman–Crippen LogP) is 4.39. The van der Waals surface area contributed by atoms with Gasteiger partial charge in [0.1, 0.15) is 19.8 Å². The van der Waals surface area contributed by atoms with E-state index in [2.05, 4.69) is 6.08 Å². The van der Waals surface area contributed by atoms with Crippen LogP contribution >= 0.6 is 7.82 Å². The van der Waals surface area contributed by atoms with Crippen molar-refractivity contribution in [2.24, 2.45) is 0 Å². The van der Waals surface area contributed by atoms with E-state index in [4.69, 9.17) is 18.5 Å². The summed E-state index contributed by atoms with van der Waals surface area (Å²) in [6.45, 7) is 3.74. The third-order valence-electron chi connectivity index (χ3n) is 4.61. The SMILES string of the molecule is C/C=C\CCCCCCCC(=O)O[C@@H](COC(=O)CCC)COP(=O)(O)OCC[N+](C)(C)C. The Labute approximate surface area is 199 Å². The zero-order valence-electron chi connectivity index (χ0n) is 21.1. The summed E-state index contributed by atoms with van der Waals surface area (Å²) in [6, 6.07) is 0. The molecule has 0 aromatic carbocycles. The lowest BCUT2D eigenvalue weighted by atomic mass is 10.1. The van der Waals surface area contributed by atoms with Gasteiger partial charge in [-0.2, -0.15) is 0 Å². The second-order valence-corrected chi connectivity index (χ2v) is 10.5. The van der Waals surface area contributed by atoms with E-state index in [1.54, 1.807) is 0 Å². The Morgan fingerprint density at radius 2 is 1.64 bits per heavy atom. The number of rotatable bonds is 20. The minimum Gasteiger partial charge on any atom is -0.462 e. The molecule has 0 aromatic heterocycles. The molecular formula is C23H45NO8P+. The number of carbonyl (C=O) groups is 2. The number of ether oxygens (including phenoxy) is 2. The Morgan fingerprint density at radius 3 is 2.27 bits per heavy atom. The lowest BCUT2D eigenvalue weighted by Gasteiger charge is -2.24. The largest absolute Gasteiger partial charge is 0.472 e. The highest BCUT2D eigenvalue weighted by Crippen LogP contribution is 2.43. The number of unbranched alkanes of at least 4 members (excludes halogenated alkanes) is 5. The third-order valence-corrected chi connectivity index (χ3v) is 5.59. The number of carbonyl (C=O) groups excluding carboxylic acids is 2. The van der Waals surface area contributed by atoms with Gasteiger partial charge in [-0.05, 0) is 32.6 Å². The smallest absolute Gasteiger partial charge is 0.462 e. The van der Waals surface area contributed by atoms with Crippen molar-refractivity contribution in [2.75, 3.05) is 47.5 Å². The van der Waals surface area contributed by atoms with Crippen LogP contribution in [0.3, 0.4) is 0 Å². The van der Waals surface area contributed by atoms with Crippen LogP contribution in [0.4, 0.5) is 0 Å². The zero-order chi connectivity index (χ0) is 25.2. The number of phosphoric acid groups is 1. The fourth-order valence-electron chi connectivity index (χ4n) is 2.70. The number of allylic oxidation sites excluding steroid dienone is 2. The van der Waals surface area contributed by atoms with E-state index in [9.17, 15) is 19.0 Å². The monoisotopic (exact) mass is 494 g/mol. The second kappa shape index (κ2) is 18.1. The summed E-state index contributed by atoms with van der Waals surface area (Å²) in [7, 11) is 1.46. The molecule has 194 valence electrons. The molecule has 1 unspecified atom stereocenters. The minimum absolute atomic E-state index is 0.0297. The van der Waals surface area contributed by atoms with Crippen LogP contribution < -0.4 is 0 Å². The van der Waals surface area contributed by atoms with E-state index in [1.807, 2.05) is 41.1 Å². The minimum atomic E-state index is -4.32. The molecule has 0 radical (unpaired) electrons. The molecule has 2 atom stereocenters. The molecule has 0 rings (SSSR count). The summed E-state index contributed by atoms with van der Waals surface area (Å²) in [5, 5.41) is 0. The maximum Gasteiger partial charge on any atom is 0.472 e. The molecule has 0 bridgehead atoms. The number of esters is 2. The van der Waals surface area contributed by atoms with E-state index in [1.165, 1.54) is 0 Å². The summed E-state index contributed by atoms with van der Waals surface area (Å²) in [4.78, 5) is 33.8. The molecule has 0 saturated heterocycles. The van der Waals surface area contributed by atoms with Gasteiger partial charge in [0, 0.05) is 12.8 Å². The topological polar surface area (TPSA) is 108 Å². The van der Waals surface area contributed by atoms with Crippen molar-refractivity contribution in [1.82, 2.24) is 0 Å². The normalized spacial score (nSPS) is 14.7. The molecule has 0 aromatic rings. The Morgan fingerprint density at radius 1 is 0.970 bits per heavy atom. The molecule has 0 aliphatic carbocycles. The molecule has 0 aliphatic rings. The fourth-order valence-corrected chi connectivity index (χ4v) is 3.44. The quantitative estimate of drug-likeness (QED) is 0.0873. The van der Waals surface area contributed by atoms with Gasteiger partial charge in [-0.15, -0.1) is 0 Å². The van der Waals surface area contributed by atoms with Gasteiger partial charge in [0.2, 0.25) is 0 Å². The van der Waals surface area contributed by atoms with Gasteiger partial charge >= 0.3 is 19.8 Å².